The van der Waals surface area contributed by atoms with Crippen molar-refractivity contribution in [1.82, 2.24) is 4.98 Å². The Bertz CT molecular complexity index is 1220. The minimum atomic E-state index is -0.748. The highest BCUT2D eigenvalue weighted by Crippen LogP contribution is 2.44. The van der Waals surface area contributed by atoms with Crippen molar-refractivity contribution in [2.24, 2.45) is 5.73 Å². The summed E-state index contributed by atoms with van der Waals surface area (Å²) >= 11 is 0. The van der Waals surface area contributed by atoms with Crippen LogP contribution in [0, 0.1) is 11.3 Å². The molecule has 0 bridgehead atoms. The van der Waals surface area contributed by atoms with E-state index in [0.717, 1.165) is 0 Å². The van der Waals surface area contributed by atoms with Crippen molar-refractivity contribution in [3.8, 4) is 23.3 Å². The summed E-state index contributed by atoms with van der Waals surface area (Å²) in [5.74, 6) is -0.238. The summed E-state index contributed by atoms with van der Waals surface area (Å²) in [7, 11) is 0. The van der Waals surface area contributed by atoms with E-state index in [1.165, 1.54) is 6.07 Å². The molecule has 0 fully saturated rings. The summed E-state index contributed by atoms with van der Waals surface area (Å²) in [4.78, 5) is 15.8. The van der Waals surface area contributed by atoms with E-state index in [0.29, 0.717) is 28.8 Å². The fraction of sp³-hybridized carbons (Fsp3) is 0.143. The van der Waals surface area contributed by atoms with Crippen LogP contribution in [0.1, 0.15) is 24.0 Å². The van der Waals surface area contributed by atoms with E-state index < -0.39 is 5.92 Å². The molecule has 0 radical (unpaired) electrons. The minimum Gasteiger partial charge on any atom is -0.504 e. The van der Waals surface area contributed by atoms with Gasteiger partial charge in [0.25, 0.3) is 5.56 Å². The molecule has 1 aromatic heterocycles. The van der Waals surface area contributed by atoms with Gasteiger partial charge in [-0.1, -0.05) is 18.2 Å². The van der Waals surface area contributed by atoms with Gasteiger partial charge in [0.15, 0.2) is 11.5 Å². The lowest BCUT2D eigenvalue weighted by Gasteiger charge is -2.26. The largest absolute Gasteiger partial charge is 0.504 e. The Morgan fingerprint density at radius 1 is 1.32 bits per heavy atom. The summed E-state index contributed by atoms with van der Waals surface area (Å²) in [6, 6.07) is 14.0. The Morgan fingerprint density at radius 2 is 2.11 bits per heavy atom. The van der Waals surface area contributed by atoms with Gasteiger partial charge in [-0.25, -0.2) is 0 Å². The molecule has 1 atom stereocenters. The number of para-hydroxylation sites is 1. The molecule has 0 aliphatic carbocycles. The zero-order chi connectivity index (χ0) is 19.8. The molecule has 3 aromatic rings. The van der Waals surface area contributed by atoms with Crippen LogP contribution in [0.15, 0.2) is 58.7 Å². The topological polar surface area (TPSA) is 121 Å². The van der Waals surface area contributed by atoms with Gasteiger partial charge in [-0.15, -0.1) is 0 Å². The Kier molecular flexibility index (Phi) is 4.17. The lowest BCUT2D eigenvalue weighted by Crippen LogP contribution is -2.27. The molecule has 2 aromatic carbocycles. The van der Waals surface area contributed by atoms with E-state index in [1.54, 1.807) is 31.2 Å². The van der Waals surface area contributed by atoms with Crippen molar-refractivity contribution in [3.63, 3.8) is 0 Å². The van der Waals surface area contributed by atoms with Crippen molar-refractivity contribution < 1.29 is 14.6 Å². The molecule has 1 unspecified atom stereocenters. The van der Waals surface area contributed by atoms with Crippen molar-refractivity contribution in [2.45, 2.75) is 12.8 Å². The standard InChI is InChI=1S/C21H17N3O4/c1-2-27-16-9-11(7-8-15(16)25)17-13(10-22)20(23)28-19-12-5-3-4-6-14(12)24-21(26)18(17)19/h3-9,17,25H,2,23H2,1H3,(H,24,26). The number of ether oxygens (including phenoxy) is 2. The SMILES string of the molecule is CCOc1cc(C2C(C#N)=C(N)Oc3c2c(=O)[nH]c2ccccc32)ccc1O. The Balaban J connectivity index is 2.03. The third-order valence-electron chi connectivity index (χ3n) is 4.70. The number of phenols is 1. The zero-order valence-corrected chi connectivity index (χ0v) is 15.0. The molecule has 7 heteroatoms. The van der Waals surface area contributed by atoms with Crippen LogP contribution in [0.25, 0.3) is 10.9 Å². The predicted molar refractivity (Wildman–Crippen MR) is 103 cm³/mol. The first-order valence-electron chi connectivity index (χ1n) is 8.73. The van der Waals surface area contributed by atoms with Gasteiger partial charge in [0.1, 0.15) is 17.4 Å². The molecule has 28 heavy (non-hydrogen) atoms. The van der Waals surface area contributed by atoms with E-state index in [-0.39, 0.29) is 34.1 Å². The molecule has 0 saturated heterocycles. The summed E-state index contributed by atoms with van der Waals surface area (Å²) < 4.78 is 11.2. The first kappa shape index (κ1) is 17.5. The number of aromatic hydroxyl groups is 1. The van der Waals surface area contributed by atoms with Crippen LogP contribution in [0.5, 0.6) is 17.2 Å². The molecule has 0 spiro atoms. The first-order chi connectivity index (χ1) is 13.5. The van der Waals surface area contributed by atoms with Crippen LogP contribution in [0.2, 0.25) is 0 Å². The fourth-order valence-corrected chi connectivity index (χ4v) is 3.49. The van der Waals surface area contributed by atoms with Crippen LogP contribution in [0.3, 0.4) is 0 Å². The van der Waals surface area contributed by atoms with Gasteiger partial charge >= 0.3 is 0 Å². The van der Waals surface area contributed by atoms with Crippen molar-refractivity contribution in [3.05, 3.63) is 75.4 Å². The van der Waals surface area contributed by atoms with Crippen molar-refractivity contribution in [2.75, 3.05) is 6.61 Å². The quantitative estimate of drug-likeness (QED) is 0.647. The Labute approximate surface area is 160 Å². The normalized spacial score (nSPS) is 15.6. The highest BCUT2D eigenvalue weighted by molar-refractivity contribution is 5.87. The van der Waals surface area contributed by atoms with Gasteiger partial charge in [0, 0.05) is 5.39 Å². The number of aromatic amines is 1. The summed E-state index contributed by atoms with van der Waals surface area (Å²) in [6.07, 6.45) is 0. The number of pyridine rings is 1. The molecule has 7 nitrogen and oxygen atoms in total. The van der Waals surface area contributed by atoms with Crippen LogP contribution in [-0.4, -0.2) is 16.7 Å². The number of aromatic nitrogens is 1. The van der Waals surface area contributed by atoms with Crippen LogP contribution in [-0.2, 0) is 0 Å². The summed E-state index contributed by atoms with van der Waals surface area (Å²) in [5, 5.41) is 20.4. The molecule has 0 saturated carbocycles. The third-order valence-corrected chi connectivity index (χ3v) is 4.70. The molecular formula is C21H17N3O4. The van der Waals surface area contributed by atoms with E-state index in [1.807, 2.05) is 12.1 Å². The zero-order valence-electron chi connectivity index (χ0n) is 15.0. The lowest BCUT2D eigenvalue weighted by molar-refractivity contribution is 0.317. The lowest BCUT2D eigenvalue weighted by atomic mass is 9.83. The second kappa shape index (κ2) is 6.67. The Hall–Kier alpha value is -3.92. The number of rotatable bonds is 3. The average Bonchev–Trinajstić information content (AvgIpc) is 2.69. The first-order valence-corrected chi connectivity index (χ1v) is 8.73. The smallest absolute Gasteiger partial charge is 0.256 e. The van der Waals surface area contributed by atoms with E-state index in [4.69, 9.17) is 15.2 Å². The van der Waals surface area contributed by atoms with Crippen molar-refractivity contribution in [1.29, 1.82) is 5.26 Å². The van der Waals surface area contributed by atoms with Crippen molar-refractivity contribution >= 4 is 10.9 Å². The van der Waals surface area contributed by atoms with Gasteiger partial charge in [-0.05, 0) is 36.8 Å². The molecule has 140 valence electrons. The van der Waals surface area contributed by atoms with Gasteiger partial charge in [-0.2, -0.15) is 5.26 Å². The second-order valence-electron chi connectivity index (χ2n) is 6.33. The number of H-pyrrole nitrogens is 1. The van der Waals surface area contributed by atoms with E-state index in [9.17, 15) is 15.2 Å². The predicted octanol–water partition coefficient (Wildman–Crippen LogP) is 2.85. The number of nitrogens with two attached hydrogens (primary N) is 1. The van der Waals surface area contributed by atoms with E-state index >= 15 is 0 Å². The molecule has 0 amide bonds. The number of benzene rings is 2. The molecular weight excluding hydrogens is 358 g/mol. The number of fused-ring (bicyclic) bond motifs is 3. The monoisotopic (exact) mass is 375 g/mol. The summed E-state index contributed by atoms with van der Waals surface area (Å²) in [6.45, 7) is 2.15. The van der Waals surface area contributed by atoms with Gasteiger partial charge < -0.3 is 25.3 Å². The summed E-state index contributed by atoms with van der Waals surface area (Å²) in [5.41, 5.74) is 7.29. The second-order valence-corrected chi connectivity index (χ2v) is 6.33. The highest BCUT2D eigenvalue weighted by Gasteiger charge is 2.34. The minimum absolute atomic E-state index is 0.0271. The molecule has 2 heterocycles. The van der Waals surface area contributed by atoms with Crippen LogP contribution in [0.4, 0.5) is 0 Å². The average molecular weight is 375 g/mol. The van der Waals surface area contributed by atoms with E-state index in [2.05, 4.69) is 11.1 Å². The van der Waals surface area contributed by atoms with Crippen LogP contribution >= 0.6 is 0 Å². The maximum Gasteiger partial charge on any atom is 0.256 e. The molecule has 1 aliphatic rings. The number of allylic oxidation sites excluding steroid dienone is 1. The Morgan fingerprint density at radius 3 is 2.86 bits per heavy atom. The number of nitrogens with one attached hydrogen (secondary N) is 1. The maximum absolute atomic E-state index is 12.9. The number of phenolic OH excluding ortho intramolecular Hbond substituents is 1. The maximum atomic E-state index is 12.9. The highest BCUT2D eigenvalue weighted by atomic mass is 16.5. The van der Waals surface area contributed by atoms with Gasteiger partial charge in [0.2, 0.25) is 5.88 Å². The molecule has 4 rings (SSSR count). The fourth-order valence-electron chi connectivity index (χ4n) is 3.49. The number of nitrogens with zero attached hydrogens (tertiary/aromatic N) is 1. The number of hydrogen-bond acceptors (Lipinski definition) is 6. The van der Waals surface area contributed by atoms with Gasteiger partial charge in [-0.3, -0.25) is 4.79 Å². The third kappa shape index (κ3) is 2.63. The molecule has 1 aliphatic heterocycles. The van der Waals surface area contributed by atoms with Crippen LogP contribution < -0.4 is 20.8 Å². The molecule has 4 N–H and O–H groups in total. The number of nitriles is 1. The number of hydrogen-bond donors (Lipinski definition) is 3. The van der Waals surface area contributed by atoms with Gasteiger partial charge in [0.05, 0.1) is 23.6 Å².